The lowest BCUT2D eigenvalue weighted by atomic mass is 9.92. The molecule has 2 heteroatoms. The predicted octanol–water partition coefficient (Wildman–Crippen LogP) is 3.05. The molecule has 1 atom stereocenters. The van der Waals surface area contributed by atoms with E-state index in [1.807, 2.05) is 31.2 Å². The standard InChI is InChI=1S/C14H16O2/c1-11-10-13(8-5-9-16-14(11)15)12-6-3-2-4-7-12/h2-4,6-7,10,13H,5,8-9H2,1H3/b11-10-. The zero-order valence-corrected chi connectivity index (χ0v) is 9.48. The van der Waals surface area contributed by atoms with Gasteiger partial charge in [-0.05, 0) is 25.3 Å². The van der Waals surface area contributed by atoms with E-state index >= 15 is 0 Å². The second kappa shape index (κ2) is 4.97. The number of benzene rings is 1. The van der Waals surface area contributed by atoms with Gasteiger partial charge in [0.2, 0.25) is 0 Å². The number of allylic oxidation sites excluding steroid dienone is 1. The van der Waals surface area contributed by atoms with Gasteiger partial charge in [-0.3, -0.25) is 0 Å². The highest BCUT2D eigenvalue weighted by atomic mass is 16.5. The van der Waals surface area contributed by atoms with Gasteiger partial charge in [0.05, 0.1) is 6.61 Å². The average molecular weight is 216 g/mol. The quantitative estimate of drug-likeness (QED) is 0.674. The predicted molar refractivity (Wildman–Crippen MR) is 63.1 cm³/mol. The van der Waals surface area contributed by atoms with E-state index in [-0.39, 0.29) is 5.97 Å². The smallest absolute Gasteiger partial charge is 0.333 e. The molecule has 0 aromatic heterocycles. The van der Waals surface area contributed by atoms with Crippen LogP contribution in [0.5, 0.6) is 0 Å². The van der Waals surface area contributed by atoms with Gasteiger partial charge in [0, 0.05) is 11.5 Å². The molecule has 1 aromatic rings. The minimum absolute atomic E-state index is 0.180. The van der Waals surface area contributed by atoms with Crippen molar-refractivity contribution >= 4 is 5.97 Å². The molecule has 0 aliphatic carbocycles. The molecule has 1 aliphatic rings. The molecule has 0 bridgehead atoms. The summed E-state index contributed by atoms with van der Waals surface area (Å²) in [6, 6.07) is 10.3. The van der Waals surface area contributed by atoms with Crippen molar-refractivity contribution in [2.75, 3.05) is 6.61 Å². The van der Waals surface area contributed by atoms with E-state index in [2.05, 4.69) is 12.1 Å². The lowest BCUT2D eigenvalue weighted by Crippen LogP contribution is -2.12. The molecule has 0 spiro atoms. The van der Waals surface area contributed by atoms with Crippen molar-refractivity contribution in [3.05, 3.63) is 47.5 Å². The van der Waals surface area contributed by atoms with Gasteiger partial charge in [0.25, 0.3) is 0 Å². The third-order valence-electron chi connectivity index (χ3n) is 2.89. The van der Waals surface area contributed by atoms with Crippen LogP contribution in [-0.4, -0.2) is 12.6 Å². The SMILES string of the molecule is C/C1=C/C(c2ccccc2)CCCOC1=O. The zero-order valence-electron chi connectivity index (χ0n) is 9.48. The Morgan fingerprint density at radius 1 is 1.25 bits per heavy atom. The molecule has 1 heterocycles. The highest BCUT2D eigenvalue weighted by molar-refractivity contribution is 5.88. The van der Waals surface area contributed by atoms with Crippen molar-refractivity contribution in [3.63, 3.8) is 0 Å². The maximum atomic E-state index is 11.5. The van der Waals surface area contributed by atoms with Crippen LogP contribution in [0.2, 0.25) is 0 Å². The zero-order chi connectivity index (χ0) is 11.4. The third-order valence-corrected chi connectivity index (χ3v) is 2.89. The highest BCUT2D eigenvalue weighted by Gasteiger charge is 2.15. The van der Waals surface area contributed by atoms with Gasteiger partial charge in [-0.1, -0.05) is 36.4 Å². The fourth-order valence-electron chi connectivity index (χ4n) is 2.00. The van der Waals surface area contributed by atoms with E-state index in [0.29, 0.717) is 18.1 Å². The largest absolute Gasteiger partial charge is 0.462 e. The lowest BCUT2D eigenvalue weighted by Gasteiger charge is -2.17. The van der Waals surface area contributed by atoms with E-state index in [4.69, 9.17) is 4.74 Å². The average Bonchev–Trinajstić information content (AvgIpc) is 2.31. The van der Waals surface area contributed by atoms with Gasteiger partial charge >= 0.3 is 5.97 Å². The Balaban J connectivity index is 2.26. The van der Waals surface area contributed by atoms with Crippen LogP contribution in [0.4, 0.5) is 0 Å². The molecule has 1 unspecified atom stereocenters. The Bertz CT molecular complexity index is 392. The number of cyclic esters (lactones) is 1. The number of carbonyl (C=O) groups is 1. The van der Waals surface area contributed by atoms with Crippen LogP contribution in [0.1, 0.15) is 31.2 Å². The van der Waals surface area contributed by atoms with Gasteiger partial charge < -0.3 is 4.74 Å². The summed E-state index contributed by atoms with van der Waals surface area (Å²) in [5.74, 6) is 0.162. The van der Waals surface area contributed by atoms with Crippen molar-refractivity contribution in [1.29, 1.82) is 0 Å². The van der Waals surface area contributed by atoms with Crippen molar-refractivity contribution < 1.29 is 9.53 Å². The van der Waals surface area contributed by atoms with Crippen LogP contribution in [0.3, 0.4) is 0 Å². The summed E-state index contributed by atoms with van der Waals surface area (Å²) in [5.41, 5.74) is 1.99. The Labute approximate surface area is 95.9 Å². The number of esters is 1. The minimum atomic E-state index is -0.180. The first kappa shape index (κ1) is 10.9. The summed E-state index contributed by atoms with van der Waals surface area (Å²) in [6.07, 6.45) is 3.99. The first-order valence-electron chi connectivity index (χ1n) is 5.68. The molecular weight excluding hydrogens is 200 g/mol. The molecular formula is C14H16O2. The second-order valence-corrected chi connectivity index (χ2v) is 4.15. The van der Waals surface area contributed by atoms with E-state index in [1.165, 1.54) is 5.56 Å². The summed E-state index contributed by atoms with van der Waals surface area (Å²) in [5, 5.41) is 0. The van der Waals surface area contributed by atoms with Crippen molar-refractivity contribution in [1.82, 2.24) is 0 Å². The molecule has 0 N–H and O–H groups in total. The number of hydrogen-bond acceptors (Lipinski definition) is 2. The van der Waals surface area contributed by atoms with Crippen LogP contribution in [-0.2, 0) is 9.53 Å². The van der Waals surface area contributed by atoms with Crippen LogP contribution in [0.25, 0.3) is 0 Å². The number of rotatable bonds is 1. The van der Waals surface area contributed by atoms with E-state index < -0.39 is 0 Å². The second-order valence-electron chi connectivity index (χ2n) is 4.15. The molecule has 0 amide bonds. The molecule has 1 aliphatic heterocycles. The highest BCUT2D eigenvalue weighted by Crippen LogP contribution is 2.25. The molecule has 0 fully saturated rings. The monoisotopic (exact) mass is 216 g/mol. The van der Waals surface area contributed by atoms with Crippen LogP contribution in [0.15, 0.2) is 42.0 Å². The van der Waals surface area contributed by atoms with Crippen LogP contribution in [0, 0.1) is 0 Å². The number of carbonyl (C=O) groups excluding carboxylic acids is 1. The topological polar surface area (TPSA) is 26.3 Å². The van der Waals surface area contributed by atoms with Gasteiger partial charge in [-0.25, -0.2) is 4.79 Å². The summed E-state index contributed by atoms with van der Waals surface area (Å²) in [7, 11) is 0. The third kappa shape index (κ3) is 2.51. The molecule has 0 saturated heterocycles. The van der Waals surface area contributed by atoms with Crippen LogP contribution < -0.4 is 0 Å². The first-order valence-corrected chi connectivity index (χ1v) is 5.68. The van der Waals surface area contributed by atoms with E-state index in [1.54, 1.807) is 0 Å². The van der Waals surface area contributed by atoms with Crippen molar-refractivity contribution in [3.8, 4) is 0 Å². The van der Waals surface area contributed by atoms with Gasteiger partial charge in [0.1, 0.15) is 0 Å². The Kier molecular flexibility index (Phi) is 3.40. The fourth-order valence-corrected chi connectivity index (χ4v) is 2.00. The minimum Gasteiger partial charge on any atom is -0.462 e. The molecule has 16 heavy (non-hydrogen) atoms. The normalized spacial score (nSPS) is 24.9. The summed E-state index contributed by atoms with van der Waals surface area (Å²) >= 11 is 0. The molecule has 0 saturated carbocycles. The lowest BCUT2D eigenvalue weighted by molar-refractivity contribution is -0.139. The molecule has 2 rings (SSSR count). The maximum Gasteiger partial charge on any atom is 0.333 e. The number of ether oxygens (including phenoxy) is 1. The van der Waals surface area contributed by atoms with E-state index in [0.717, 1.165) is 12.8 Å². The maximum absolute atomic E-state index is 11.5. The molecule has 84 valence electrons. The Morgan fingerprint density at radius 3 is 2.75 bits per heavy atom. The summed E-state index contributed by atoms with van der Waals surface area (Å²) in [4.78, 5) is 11.5. The Morgan fingerprint density at radius 2 is 2.00 bits per heavy atom. The summed E-state index contributed by atoms with van der Waals surface area (Å²) < 4.78 is 5.07. The van der Waals surface area contributed by atoms with E-state index in [9.17, 15) is 4.79 Å². The Hall–Kier alpha value is -1.57. The van der Waals surface area contributed by atoms with Gasteiger partial charge in [-0.15, -0.1) is 0 Å². The van der Waals surface area contributed by atoms with Crippen LogP contribution >= 0.6 is 0 Å². The molecule has 0 radical (unpaired) electrons. The van der Waals surface area contributed by atoms with Crippen molar-refractivity contribution in [2.45, 2.75) is 25.7 Å². The van der Waals surface area contributed by atoms with Crippen molar-refractivity contribution in [2.24, 2.45) is 0 Å². The van der Waals surface area contributed by atoms with Gasteiger partial charge in [-0.2, -0.15) is 0 Å². The summed E-state index contributed by atoms with van der Waals surface area (Å²) in [6.45, 7) is 2.36. The first-order chi connectivity index (χ1) is 7.77. The van der Waals surface area contributed by atoms with Gasteiger partial charge in [0.15, 0.2) is 0 Å². The molecule has 1 aromatic carbocycles. The molecule has 2 nitrogen and oxygen atoms in total. The fraction of sp³-hybridized carbons (Fsp3) is 0.357. The number of hydrogen-bond donors (Lipinski definition) is 0.